The summed E-state index contributed by atoms with van der Waals surface area (Å²) in [4.78, 5) is 25.7. The number of benzene rings is 1. The van der Waals surface area contributed by atoms with Crippen LogP contribution in [0.15, 0.2) is 24.3 Å². The molecule has 2 rings (SSSR count). The van der Waals surface area contributed by atoms with Crippen LogP contribution >= 0.6 is 0 Å². The van der Waals surface area contributed by atoms with Gasteiger partial charge in [0.05, 0.1) is 6.61 Å². The van der Waals surface area contributed by atoms with E-state index in [-0.39, 0.29) is 5.91 Å². The summed E-state index contributed by atoms with van der Waals surface area (Å²) < 4.78 is 18.1. The molecule has 2 N–H and O–H groups in total. The van der Waals surface area contributed by atoms with Crippen molar-refractivity contribution in [2.24, 2.45) is 0 Å². The van der Waals surface area contributed by atoms with E-state index in [1.165, 1.54) is 17.0 Å². The first kappa shape index (κ1) is 16.2. The van der Waals surface area contributed by atoms with Crippen molar-refractivity contribution in [3.63, 3.8) is 0 Å². The highest BCUT2D eigenvalue weighted by atomic mass is 19.1. The molecule has 0 bridgehead atoms. The van der Waals surface area contributed by atoms with Gasteiger partial charge in [-0.2, -0.15) is 0 Å². The largest absolute Gasteiger partial charge is 0.383 e. The highest BCUT2D eigenvalue weighted by Gasteiger charge is 2.30. The first-order valence-electron chi connectivity index (χ1n) is 7.22. The maximum absolute atomic E-state index is 13.3. The molecule has 1 aliphatic heterocycles. The fraction of sp³-hybridized carbons (Fsp3) is 0.467. The smallest absolute Gasteiger partial charge is 0.315 e. The Morgan fingerprint density at radius 1 is 1.50 bits per heavy atom. The van der Waals surface area contributed by atoms with Gasteiger partial charge >= 0.3 is 6.03 Å². The minimum atomic E-state index is -0.598. The van der Waals surface area contributed by atoms with E-state index >= 15 is 0 Å². The molecular formula is C15H20FN3O3. The molecule has 0 unspecified atom stereocenters. The van der Waals surface area contributed by atoms with Gasteiger partial charge in [-0.3, -0.25) is 4.79 Å². The van der Waals surface area contributed by atoms with Gasteiger partial charge in [0.1, 0.15) is 11.9 Å². The Bertz CT molecular complexity index is 539. The maximum Gasteiger partial charge on any atom is 0.315 e. The molecule has 1 saturated heterocycles. The van der Waals surface area contributed by atoms with Crippen molar-refractivity contribution < 1.29 is 18.7 Å². The van der Waals surface area contributed by atoms with Crippen molar-refractivity contribution in [1.82, 2.24) is 10.6 Å². The fourth-order valence-electron chi connectivity index (χ4n) is 2.39. The lowest BCUT2D eigenvalue weighted by Gasteiger charge is -2.32. The van der Waals surface area contributed by atoms with E-state index in [9.17, 15) is 14.0 Å². The second kappa shape index (κ2) is 7.74. The summed E-state index contributed by atoms with van der Waals surface area (Å²) in [5, 5.41) is 5.26. The Kier molecular flexibility index (Phi) is 5.71. The predicted octanol–water partition coefficient (Wildman–Crippen LogP) is 1.27. The molecule has 0 saturated carbocycles. The van der Waals surface area contributed by atoms with E-state index in [0.29, 0.717) is 31.8 Å². The molecule has 3 amide bonds. The second-order valence-corrected chi connectivity index (χ2v) is 5.06. The van der Waals surface area contributed by atoms with Crippen molar-refractivity contribution in [2.75, 3.05) is 31.7 Å². The number of piperidine rings is 1. The molecule has 1 heterocycles. The molecule has 22 heavy (non-hydrogen) atoms. The number of nitrogens with one attached hydrogen (secondary N) is 2. The van der Waals surface area contributed by atoms with Crippen molar-refractivity contribution in [3.05, 3.63) is 30.1 Å². The fourth-order valence-corrected chi connectivity index (χ4v) is 2.39. The molecular weight excluding hydrogens is 289 g/mol. The van der Waals surface area contributed by atoms with Crippen LogP contribution in [0.2, 0.25) is 0 Å². The molecule has 7 heteroatoms. The average molecular weight is 309 g/mol. The third-order valence-electron chi connectivity index (χ3n) is 3.46. The van der Waals surface area contributed by atoms with Crippen LogP contribution in [0.1, 0.15) is 12.8 Å². The lowest BCUT2D eigenvalue weighted by atomic mass is 10.0. The zero-order valence-electron chi connectivity index (χ0n) is 12.5. The van der Waals surface area contributed by atoms with Gasteiger partial charge in [0, 0.05) is 25.9 Å². The van der Waals surface area contributed by atoms with Crippen molar-refractivity contribution >= 4 is 17.6 Å². The lowest BCUT2D eigenvalue weighted by Crippen LogP contribution is -2.54. The number of rotatable bonds is 5. The van der Waals surface area contributed by atoms with Crippen LogP contribution in [0.25, 0.3) is 0 Å². The summed E-state index contributed by atoms with van der Waals surface area (Å²) in [6.07, 6.45) is 1.31. The van der Waals surface area contributed by atoms with Crippen LogP contribution in [-0.2, 0) is 9.53 Å². The summed E-state index contributed by atoms with van der Waals surface area (Å²) in [6, 6.07) is 4.89. The molecule has 0 radical (unpaired) electrons. The first-order valence-corrected chi connectivity index (χ1v) is 7.22. The number of nitrogens with zero attached hydrogens (tertiary/aromatic N) is 1. The van der Waals surface area contributed by atoms with E-state index < -0.39 is 17.9 Å². The van der Waals surface area contributed by atoms with Gasteiger partial charge in [0.2, 0.25) is 5.91 Å². The molecule has 6 nitrogen and oxygen atoms in total. The maximum atomic E-state index is 13.3. The minimum Gasteiger partial charge on any atom is -0.383 e. The number of methoxy groups -OCH3 is 1. The summed E-state index contributed by atoms with van der Waals surface area (Å²) >= 11 is 0. The van der Waals surface area contributed by atoms with Crippen LogP contribution < -0.4 is 15.5 Å². The number of halogens is 1. The van der Waals surface area contributed by atoms with E-state index in [2.05, 4.69) is 10.6 Å². The number of urea groups is 1. The van der Waals surface area contributed by atoms with E-state index in [1.54, 1.807) is 19.2 Å². The van der Waals surface area contributed by atoms with Crippen LogP contribution in [0, 0.1) is 5.82 Å². The zero-order valence-corrected chi connectivity index (χ0v) is 12.5. The third kappa shape index (κ3) is 4.17. The molecule has 1 aromatic carbocycles. The Labute approximate surface area is 128 Å². The minimum absolute atomic E-state index is 0.223. The van der Waals surface area contributed by atoms with Crippen LogP contribution in [0.3, 0.4) is 0 Å². The number of hydrogen-bond donors (Lipinski definition) is 2. The van der Waals surface area contributed by atoms with Gasteiger partial charge in [-0.05, 0) is 31.0 Å². The van der Waals surface area contributed by atoms with Crippen molar-refractivity contribution in [3.8, 4) is 0 Å². The van der Waals surface area contributed by atoms with Gasteiger partial charge in [-0.15, -0.1) is 0 Å². The summed E-state index contributed by atoms with van der Waals surface area (Å²) in [5.74, 6) is -0.614. The number of ether oxygens (including phenoxy) is 1. The van der Waals surface area contributed by atoms with E-state index in [1.807, 2.05) is 0 Å². The number of carbonyl (C=O) groups is 2. The molecule has 0 aliphatic carbocycles. The highest BCUT2D eigenvalue weighted by molar-refractivity contribution is 5.99. The molecule has 120 valence electrons. The summed E-state index contributed by atoms with van der Waals surface area (Å²) in [7, 11) is 1.54. The number of carbonyl (C=O) groups excluding carboxylic acids is 2. The number of anilines is 1. The standard InChI is InChI=1S/C15H20FN3O3/c1-22-9-7-17-15(21)18-13-6-3-8-19(14(13)20)12-5-2-4-11(16)10-12/h2,4-5,10,13H,3,6-9H2,1H3,(H2,17,18,21)/t13-/m1/s1. The lowest BCUT2D eigenvalue weighted by molar-refractivity contribution is -0.121. The third-order valence-corrected chi connectivity index (χ3v) is 3.46. The number of amides is 3. The first-order chi connectivity index (χ1) is 10.6. The van der Waals surface area contributed by atoms with Gasteiger partial charge in [0.15, 0.2) is 0 Å². The summed E-state index contributed by atoms with van der Waals surface area (Å²) in [6.45, 7) is 1.30. The highest BCUT2D eigenvalue weighted by Crippen LogP contribution is 2.21. The molecule has 0 aromatic heterocycles. The van der Waals surface area contributed by atoms with Crippen LogP contribution in [0.4, 0.5) is 14.9 Å². The second-order valence-electron chi connectivity index (χ2n) is 5.06. The molecule has 1 fully saturated rings. The molecule has 1 atom stereocenters. The SMILES string of the molecule is COCCNC(=O)N[C@@H]1CCCN(c2cccc(F)c2)C1=O. The topological polar surface area (TPSA) is 70.7 Å². The van der Waals surface area contributed by atoms with Gasteiger partial charge in [-0.25, -0.2) is 9.18 Å². The van der Waals surface area contributed by atoms with Crippen molar-refractivity contribution in [2.45, 2.75) is 18.9 Å². The Morgan fingerprint density at radius 2 is 2.32 bits per heavy atom. The normalized spacial score (nSPS) is 18.2. The van der Waals surface area contributed by atoms with Gasteiger partial charge in [0.25, 0.3) is 0 Å². The van der Waals surface area contributed by atoms with Gasteiger partial charge < -0.3 is 20.3 Å². The Balaban J connectivity index is 1.96. The molecule has 0 spiro atoms. The quantitative estimate of drug-likeness (QED) is 0.805. The Hall–Kier alpha value is -2.15. The Morgan fingerprint density at radius 3 is 3.05 bits per heavy atom. The molecule has 1 aromatic rings. The molecule has 1 aliphatic rings. The van der Waals surface area contributed by atoms with Crippen molar-refractivity contribution in [1.29, 1.82) is 0 Å². The predicted molar refractivity (Wildman–Crippen MR) is 80.2 cm³/mol. The van der Waals surface area contributed by atoms with Gasteiger partial charge in [-0.1, -0.05) is 6.07 Å². The monoisotopic (exact) mass is 309 g/mol. The average Bonchev–Trinajstić information content (AvgIpc) is 2.50. The summed E-state index contributed by atoms with van der Waals surface area (Å²) in [5.41, 5.74) is 0.510. The van der Waals surface area contributed by atoms with Crippen LogP contribution in [0.5, 0.6) is 0 Å². The van der Waals surface area contributed by atoms with Crippen LogP contribution in [-0.4, -0.2) is 44.8 Å². The van der Waals surface area contributed by atoms with E-state index in [0.717, 1.165) is 6.42 Å². The van der Waals surface area contributed by atoms with E-state index in [4.69, 9.17) is 4.74 Å². The number of hydrogen-bond acceptors (Lipinski definition) is 3. The zero-order chi connectivity index (χ0) is 15.9.